The van der Waals surface area contributed by atoms with E-state index in [-0.39, 0.29) is 32.3 Å². The lowest BCUT2D eigenvalue weighted by molar-refractivity contribution is -0.139. The Labute approximate surface area is 276 Å². The summed E-state index contributed by atoms with van der Waals surface area (Å²) in [6, 6.07) is 16.4. The Morgan fingerprint density at radius 3 is 1.96 bits per heavy atom. The predicted molar refractivity (Wildman–Crippen MR) is 178 cm³/mol. The van der Waals surface area contributed by atoms with Gasteiger partial charge in [-0.25, -0.2) is 19.2 Å². The molecule has 250 valence electrons. The molecule has 5 rings (SSSR count). The number of hydrogen-bond donors (Lipinski definition) is 4. The van der Waals surface area contributed by atoms with Crippen molar-refractivity contribution < 1.29 is 28.7 Å². The summed E-state index contributed by atoms with van der Waals surface area (Å²) >= 11 is 0. The van der Waals surface area contributed by atoms with E-state index in [1.165, 1.54) is 6.42 Å². The molecule has 2 aromatic carbocycles. The van der Waals surface area contributed by atoms with Crippen LogP contribution >= 0.6 is 0 Å². The summed E-state index contributed by atoms with van der Waals surface area (Å²) in [6.07, 6.45) is 7.28. The van der Waals surface area contributed by atoms with Gasteiger partial charge in [0.05, 0.1) is 42.1 Å². The summed E-state index contributed by atoms with van der Waals surface area (Å²) < 4.78 is 11.0. The number of carbonyl (C=O) groups excluding carboxylic acids is 4. The van der Waals surface area contributed by atoms with Crippen LogP contribution in [0.5, 0.6) is 0 Å². The molecule has 1 aliphatic carbocycles. The van der Waals surface area contributed by atoms with Gasteiger partial charge in [-0.3, -0.25) is 4.90 Å². The third kappa shape index (κ3) is 8.40. The molecule has 0 aromatic heterocycles. The van der Waals surface area contributed by atoms with Crippen LogP contribution in [0, 0.1) is 0 Å². The summed E-state index contributed by atoms with van der Waals surface area (Å²) in [7, 11) is 0. The zero-order valence-electron chi connectivity index (χ0n) is 27.2. The summed E-state index contributed by atoms with van der Waals surface area (Å²) in [5.74, 6) is -1.04. The number of benzene rings is 2. The van der Waals surface area contributed by atoms with Gasteiger partial charge < -0.3 is 30.7 Å². The molecule has 11 nitrogen and oxygen atoms in total. The van der Waals surface area contributed by atoms with Gasteiger partial charge in [0.1, 0.15) is 0 Å². The number of amides is 4. The molecule has 0 radical (unpaired) electrons. The monoisotopic (exact) mass is 643 g/mol. The molecule has 0 bridgehead atoms. The average molecular weight is 644 g/mol. The zero-order valence-corrected chi connectivity index (χ0v) is 27.2. The predicted octanol–water partition coefficient (Wildman–Crippen LogP) is 4.93. The average Bonchev–Trinajstić information content (AvgIpc) is 3.05. The minimum absolute atomic E-state index is 0.0728. The number of ether oxygens (including phenoxy) is 2. The molecule has 3 aliphatic rings. The smallest absolute Gasteiger partial charge is 0.338 e. The van der Waals surface area contributed by atoms with Crippen LogP contribution in [0.4, 0.5) is 9.59 Å². The molecular weight excluding hydrogens is 598 g/mol. The number of urea groups is 2. The summed E-state index contributed by atoms with van der Waals surface area (Å²) in [6.45, 7) is 4.30. The lowest BCUT2D eigenvalue weighted by Gasteiger charge is -2.39. The summed E-state index contributed by atoms with van der Waals surface area (Å²) in [5, 5.41) is 11.7. The van der Waals surface area contributed by atoms with Crippen molar-refractivity contribution >= 4 is 29.7 Å². The Balaban J connectivity index is 1.59. The van der Waals surface area contributed by atoms with Crippen molar-refractivity contribution in [2.24, 2.45) is 0 Å². The largest absolute Gasteiger partial charge is 0.463 e. The van der Waals surface area contributed by atoms with Crippen molar-refractivity contribution in [1.82, 2.24) is 26.2 Å². The lowest BCUT2D eigenvalue weighted by atomic mass is 9.92. The summed E-state index contributed by atoms with van der Waals surface area (Å²) in [4.78, 5) is 55.6. The van der Waals surface area contributed by atoms with Gasteiger partial charge >= 0.3 is 24.0 Å². The highest BCUT2D eigenvalue weighted by molar-refractivity contribution is 6.04. The molecule has 4 amide bonds. The van der Waals surface area contributed by atoms with Gasteiger partial charge in [0.25, 0.3) is 0 Å². The number of rotatable bonds is 11. The normalized spacial score (nSPS) is 20.7. The number of hydrogen-bond acceptors (Lipinski definition) is 7. The second-order valence-electron chi connectivity index (χ2n) is 12.0. The Hall–Kier alpha value is -4.64. The van der Waals surface area contributed by atoms with E-state index < -0.39 is 36.1 Å². The van der Waals surface area contributed by atoms with Gasteiger partial charge in [-0.1, -0.05) is 92.8 Å². The SMILES string of the molecule is CCOC(=O)C1=C(c2ccccc2)NC(=O)N[C@H]1CN(CC1=C(C(=O)OCC)[C@@H](c2ccccc2)NC(=O)N1)C1CCCCCCC1. The van der Waals surface area contributed by atoms with Gasteiger partial charge in [0, 0.05) is 24.8 Å². The van der Waals surface area contributed by atoms with Crippen molar-refractivity contribution in [1.29, 1.82) is 0 Å². The van der Waals surface area contributed by atoms with Gasteiger partial charge in [0.15, 0.2) is 0 Å². The second-order valence-corrected chi connectivity index (χ2v) is 12.0. The first-order valence-corrected chi connectivity index (χ1v) is 16.7. The van der Waals surface area contributed by atoms with E-state index in [0.29, 0.717) is 28.1 Å². The van der Waals surface area contributed by atoms with Crippen LogP contribution in [-0.2, 0) is 19.1 Å². The Kier molecular flexibility index (Phi) is 11.7. The Morgan fingerprint density at radius 2 is 1.32 bits per heavy atom. The third-order valence-corrected chi connectivity index (χ3v) is 8.87. The van der Waals surface area contributed by atoms with E-state index >= 15 is 0 Å². The highest BCUT2D eigenvalue weighted by Crippen LogP contribution is 2.31. The van der Waals surface area contributed by atoms with Crippen LogP contribution in [-0.4, -0.2) is 67.3 Å². The zero-order chi connectivity index (χ0) is 33.2. The first-order chi connectivity index (χ1) is 22.9. The van der Waals surface area contributed by atoms with Crippen LogP contribution in [0.2, 0.25) is 0 Å². The fourth-order valence-corrected chi connectivity index (χ4v) is 6.71. The van der Waals surface area contributed by atoms with Gasteiger partial charge in [-0.05, 0) is 37.8 Å². The van der Waals surface area contributed by atoms with Gasteiger partial charge in [0.2, 0.25) is 0 Å². The quantitative estimate of drug-likeness (QED) is 0.255. The van der Waals surface area contributed by atoms with E-state index in [0.717, 1.165) is 44.1 Å². The number of carbonyl (C=O) groups is 4. The van der Waals surface area contributed by atoms with Crippen molar-refractivity contribution in [2.75, 3.05) is 26.3 Å². The van der Waals surface area contributed by atoms with Crippen LogP contribution in [0.3, 0.4) is 0 Å². The topological polar surface area (TPSA) is 138 Å². The maximum absolute atomic E-state index is 13.6. The number of nitrogens with zero attached hydrogens (tertiary/aromatic N) is 1. The molecule has 1 saturated carbocycles. The van der Waals surface area contributed by atoms with Crippen LogP contribution < -0.4 is 21.3 Å². The number of esters is 2. The van der Waals surface area contributed by atoms with E-state index in [4.69, 9.17) is 9.47 Å². The maximum Gasteiger partial charge on any atom is 0.338 e. The molecule has 2 atom stereocenters. The molecule has 1 fully saturated rings. The Morgan fingerprint density at radius 1 is 0.745 bits per heavy atom. The molecule has 0 spiro atoms. The standard InChI is InChI=1S/C36H45N5O6/c1-3-46-33(42)29-27(37-35(44)39-31(29)24-16-10-8-11-17-24)22-41(26-20-14-6-5-7-15-21-26)23-28-30(34(43)47-4-2)32(40-36(45)38-28)25-18-12-9-13-19-25/h8-13,16-19,26-27,32H,3-7,14-15,20-23H2,1-2H3,(H2,37,39,44)(H2,38,40,45)/t27-,32+/m0/s1. The van der Waals surface area contributed by atoms with Crippen molar-refractivity contribution in [3.8, 4) is 0 Å². The van der Waals surface area contributed by atoms with Crippen molar-refractivity contribution in [3.63, 3.8) is 0 Å². The van der Waals surface area contributed by atoms with E-state index in [9.17, 15) is 19.2 Å². The molecule has 47 heavy (non-hydrogen) atoms. The maximum atomic E-state index is 13.6. The molecular formula is C36H45N5O6. The minimum atomic E-state index is -0.725. The molecule has 0 saturated heterocycles. The highest BCUT2D eigenvalue weighted by Gasteiger charge is 2.38. The van der Waals surface area contributed by atoms with E-state index in [2.05, 4.69) is 26.2 Å². The van der Waals surface area contributed by atoms with Crippen molar-refractivity contribution in [3.05, 3.63) is 88.6 Å². The van der Waals surface area contributed by atoms with Gasteiger partial charge in [-0.15, -0.1) is 0 Å². The van der Waals surface area contributed by atoms with Crippen LogP contribution in [0.15, 0.2) is 77.5 Å². The first kappa shape index (κ1) is 33.7. The molecule has 2 aromatic rings. The minimum Gasteiger partial charge on any atom is -0.463 e. The number of nitrogens with one attached hydrogen (secondary N) is 4. The summed E-state index contributed by atoms with van der Waals surface area (Å²) in [5.41, 5.74) is 2.94. The highest BCUT2D eigenvalue weighted by atomic mass is 16.5. The van der Waals surface area contributed by atoms with Crippen LogP contribution in [0.25, 0.3) is 5.70 Å². The molecule has 2 heterocycles. The van der Waals surface area contributed by atoms with Gasteiger partial charge in [-0.2, -0.15) is 0 Å². The molecule has 0 unspecified atom stereocenters. The molecule has 4 N–H and O–H groups in total. The Bertz CT molecular complexity index is 1480. The molecule has 2 aliphatic heterocycles. The fourth-order valence-electron chi connectivity index (χ4n) is 6.71. The third-order valence-electron chi connectivity index (χ3n) is 8.87. The van der Waals surface area contributed by atoms with E-state index in [1.807, 2.05) is 60.7 Å². The van der Waals surface area contributed by atoms with E-state index in [1.54, 1.807) is 13.8 Å². The lowest BCUT2D eigenvalue weighted by Crippen LogP contribution is -2.56. The van der Waals surface area contributed by atoms with Crippen molar-refractivity contribution in [2.45, 2.75) is 76.9 Å². The second kappa shape index (κ2) is 16.3. The van der Waals surface area contributed by atoms with Crippen LogP contribution in [0.1, 0.15) is 76.0 Å². The fraction of sp³-hybridized carbons (Fsp3) is 0.444. The first-order valence-electron chi connectivity index (χ1n) is 16.7. The molecule has 11 heteroatoms.